The van der Waals surface area contributed by atoms with Gasteiger partial charge in [0.1, 0.15) is 5.75 Å². The molecule has 2 rings (SSSR count). The SMILES string of the molecule is COc1ccc(Br)c(C(=O)NCCc2cccc(Cl)c2)c1. The quantitative estimate of drug-likeness (QED) is 0.863. The van der Waals surface area contributed by atoms with Crippen LogP contribution < -0.4 is 10.1 Å². The lowest BCUT2D eigenvalue weighted by Gasteiger charge is -2.09. The van der Waals surface area contributed by atoms with E-state index in [9.17, 15) is 4.79 Å². The first-order chi connectivity index (χ1) is 10.1. The number of hydrogen-bond acceptors (Lipinski definition) is 2. The van der Waals surface area contributed by atoms with E-state index in [1.165, 1.54) is 0 Å². The van der Waals surface area contributed by atoms with Crippen LogP contribution in [0.4, 0.5) is 0 Å². The van der Waals surface area contributed by atoms with E-state index in [1.54, 1.807) is 25.3 Å². The first kappa shape index (κ1) is 15.9. The number of carbonyl (C=O) groups is 1. The molecular formula is C16H15BrClNO2. The highest BCUT2D eigenvalue weighted by atomic mass is 79.9. The lowest BCUT2D eigenvalue weighted by molar-refractivity contribution is 0.0953. The smallest absolute Gasteiger partial charge is 0.252 e. The van der Waals surface area contributed by atoms with Crippen LogP contribution in [0.5, 0.6) is 5.75 Å². The molecule has 0 aliphatic rings. The summed E-state index contributed by atoms with van der Waals surface area (Å²) in [7, 11) is 1.57. The minimum atomic E-state index is -0.136. The van der Waals surface area contributed by atoms with E-state index < -0.39 is 0 Å². The largest absolute Gasteiger partial charge is 0.497 e. The Hall–Kier alpha value is -1.52. The third kappa shape index (κ3) is 4.48. The Morgan fingerprint density at radius 1 is 1.29 bits per heavy atom. The molecule has 0 heterocycles. The zero-order valence-corrected chi connectivity index (χ0v) is 13.9. The molecular weight excluding hydrogens is 354 g/mol. The Kier molecular flexibility index (Phi) is 5.65. The summed E-state index contributed by atoms with van der Waals surface area (Å²) in [4.78, 5) is 12.2. The van der Waals surface area contributed by atoms with Crippen LogP contribution in [0.25, 0.3) is 0 Å². The molecule has 0 aromatic heterocycles. The van der Waals surface area contributed by atoms with Crippen molar-refractivity contribution in [3.63, 3.8) is 0 Å². The second-order valence-corrected chi connectivity index (χ2v) is 5.77. The van der Waals surface area contributed by atoms with Gasteiger partial charge in [-0.05, 0) is 58.2 Å². The predicted octanol–water partition coefficient (Wildman–Crippen LogP) is 4.08. The Morgan fingerprint density at radius 2 is 2.10 bits per heavy atom. The molecule has 1 N–H and O–H groups in total. The number of nitrogens with one attached hydrogen (secondary N) is 1. The molecule has 0 unspecified atom stereocenters. The van der Waals surface area contributed by atoms with Crippen molar-refractivity contribution >= 4 is 33.4 Å². The van der Waals surface area contributed by atoms with E-state index in [0.717, 1.165) is 16.5 Å². The summed E-state index contributed by atoms with van der Waals surface area (Å²) in [5, 5.41) is 3.59. The highest BCUT2D eigenvalue weighted by Gasteiger charge is 2.10. The number of rotatable bonds is 5. The van der Waals surface area contributed by atoms with E-state index in [0.29, 0.717) is 22.9 Å². The van der Waals surface area contributed by atoms with E-state index in [-0.39, 0.29) is 5.91 Å². The van der Waals surface area contributed by atoms with Crippen LogP contribution in [0.3, 0.4) is 0 Å². The van der Waals surface area contributed by atoms with Crippen molar-refractivity contribution in [2.24, 2.45) is 0 Å². The van der Waals surface area contributed by atoms with Crippen molar-refractivity contribution in [1.29, 1.82) is 0 Å². The van der Waals surface area contributed by atoms with E-state index in [4.69, 9.17) is 16.3 Å². The zero-order chi connectivity index (χ0) is 15.2. The number of hydrogen-bond donors (Lipinski definition) is 1. The molecule has 0 saturated carbocycles. The van der Waals surface area contributed by atoms with Gasteiger partial charge in [0.25, 0.3) is 5.91 Å². The van der Waals surface area contributed by atoms with Crippen LogP contribution in [0.15, 0.2) is 46.9 Å². The van der Waals surface area contributed by atoms with Gasteiger partial charge >= 0.3 is 0 Å². The topological polar surface area (TPSA) is 38.3 Å². The van der Waals surface area contributed by atoms with Crippen molar-refractivity contribution < 1.29 is 9.53 Å². The molecule has 0 aliphatic carbocycles. The number of benzene rings is 2. The second-order valence-electron chi connectivity index (χ2n) is 4.48. The van der Waals surface area contributed by atoms with Crippen molar-refractivity contribution in [2.45, 2.75) is 6.42 Å². The third-order valence-corrected chi connectivity index (χ3v) is 3.93. The Morgan fingerprint density at radius 3 is 2.81 bits per heavy atom. The summed E-state index contributed by atoms with van der Waals surface area (Å²) in [6.07, 6.45) is 0.730. The van der Waals surface area contributed by atoms with Gasteiger partial charge in [-0.1, -0.05) is 23.7 Å². The standard InChI is InChI=1S/C16H15BrClNO2/c1-21-13-5-6-15(17)14(10-13)16(20)19-8-7-11-3-2-4-12(18)9-11/h2-6,9-10H,7-8H2,1H3,(H,19,20). The minimum absolute atomic E-state index is 0.136. The fraction of sp³-hybridized carbons (Fsp3) is 0.188. The molecule has 0 fully saturated rings. The lowest BCUT2D eigenvalue weighted by atomic mass is 10.1. The average molecular weight is 369 g/mol. The Bertz CT molecular complexity index is 646. The van der Waals surface area contributed by atoms with E-state index in [1.807, 2.05) is 24.3 Å². The molecule has 0 aliphatic heterocycles. The molecule has 0 saturated heterocycles. The molecule has 1 amide bonds. The van der Waals surface area contributed by atoms with Gasteiger partial charge in [0.05, 0.1) is 12.7 Å². The predicted molar refractivity (Wildman–Crippen MR) is 88.2 cm³/mol. The highest BCUT2D eigenvalue weighted by Crippen LogP contribution is 2.22. The maximum atomic E-state index is 12.2. The van der Waals surface area contributed by atoms with Gasteiger partial charge in [-0.2, -0.15) is 0 Å². The summed E-state index contributed by atoms with van der Waals surface area (Å²) in [5.74, 6) is 0.515. The maximum absolute atomic E-state index is 12.2. The van der Waals surface area contributed by atoms with Crippen molar-refractivity contribution in [3.05, 3.63) is 63.1 Å². The number of methoxy groups -OCH3 is 1. The summed E-state index contributed by atoms with van der Waals surface area (Å²) in [5.41, 5.74) is 1.65. The molecule has 2 aromatic carbocycles. The number of amides is 1. The third-order valence-electron chi connectivity index (χ3n) is 3.01. The fourth-order valence-electron chi connectivity index (χ4n) is 1.91. The molecule has 0 atom stereocenters. The average Bonchev–Trinajstić information content (AvgIpc) is 2.47. The van der Waals surface area contributed by atoms with Crippen LogP contribution in [0.1, 0.15) is 15.9 Å². The van der Waals surface area contributed by atoms with Crippen LogP contribution in [-0.2, 0) is 6.42 Å². The summed E-state index contributed by atoms with van der Waals surface area (Å²) in [6, 6.07) is 12.9. The van der Waals surface area contributed by atoms with Crippen LogP contribution in [0.2, 0.25) is 5.02 Å². The molecule has 110 valence electrons. The first-order valence-corrected chi connectivity index (χ1v) is 7.63. The van der Waals surface area contributed by atoms with Crippen LogP contribution in [0, 0.1) is 0 Å². The molecule has 0 spiro atoms. The maximum Gasteiger partial charge on any atom is 0.252 e. The zero-order valence-electron chi connectivity index (χ0n) is 11.5. The van der Waals surface area contributed by atoms with Crippen LogP contribution >= 0.6 is 27.5 Å². The van der Waals surface area contributed by atoms with Crippen LogP contribution in [-0.4, -0.2) is 19.6 Å². The molecule has 21 heavy (non-hydrogen) atoms. The second kappa shape index (κ2) is 7.48. The fourth-order valence-corrected chi connectivity index (χ4v) is 2.55. The van der Waals surface area contributed by atoms with E-state index >= 15 is 0 Å². The number of ether oxygens (including phenoxy) is 1. The first-order valence-electron chi connectivity index (χ1n) is 6.46. The van der Waals surface area contributed by atoms with E-state index in [2.05, 4.69) is 21.2 Å². The number of carbonyl (C=O) groups excluding carboxylic acids is 1. The van der Waals surface area contributed by atoms with Gasteiger partial charge in [-0.15, -0.1) is 0 Å². The van der Waals surface area contributed by atoms with Gasteiger partial charge in [-0.25, -0.2) is 0 Å². The minimum Gasteiger partial charge on any atom is -0.497 e. The molecule has 0 radical (unpaired) electrons. The van der Waals surface area contributed by atoms with Crippen molar-refractivity contribution in [3.8, 4) is 5.75 Å². The number of halogens is 2. The summed E-state index contributed by atoms with van der Waals surface area (Å²) >= 11 is 9.30. The lowest BCUT2D eigenvalue weighted by Crippen LogP contribution is -2.26. The Labute approximate surface area is 137 Å². The molecule has 2 aromatic rings. The summed E-state index contributed by atoms with van der Waals surface area (Å²) < 4.78 is 5.87. The van der Waals surface area contributed by atoms with Gasteiger partial charge in [0.2, 0.25) is 0 Å². The van der Waals surface area contributed by atoms with Gasteiger partial charge < -0.3 is 10.1 Å². The molecule has 5 heteroatoms. The molecule has 0 bridgehead atoms. The molecule has 3 nitrogen and oxygen atoms in total. The normalized spacial score (nSPS) is 10.2. The highest BCUT2D eigenvalue weighted by molar-refractivity contribution is 9.10. The van der Waals surface area contributed by atoms with Gasteiger partial charge in [0, 0.05) is 16.0 Å². The van der Waals surface area contributed by atoms with Crippen molar-refractivity contribution in [2.75, 3.05) is 13.7 Å². The van der Waals surface area contributed by atoms with Gasteiger partial charge in [0.15, 0.2) is 0 Å². The Balaban J connectivity index is 1.96. The van der Waals surface area contributed by atoms with Gasteiger partial charge in [-0.3, -0.25) is 4.79 Å². The van der Waals surface area contributed by atoms with Crippen molar-refractivity contribution in [1.82, 2.24) is 5.32 Å². The summed E-state index contributed by atoms with van der Waals surface area (Å²) in [6.45, 7) is 0.544. The monoisotopic (exact) mass is 367 g/mol.